The minimum Gasteiger partial charge on any atom is -0.540 e. The summed E-state index contributed by atoms with van der Waals surface area (Å²) in [5, 5.41) is 0. The van der Waals surface area contributed by atoms with Gasteiger partial charge in [0.05, 0.1) is 0 Å². The third kappa shape index (κ3) is 15.5. The Bertz CT molecular complexity index is 300. The zero-order chi connectivity index (χ0) is 13.0. The normalized spacial score (nSPS) is 7.00. The second-order valence-electron chi connectivity index (χ2n) is 2.67. The Kier molecular flexibility index (Phi) is 19.8. The topological polar surface area (TPSA) is 26.3 Å². The fourth-order valence-electron chi connectivity index (χ4n) is 0.579. The molecule has 2 nitrogen and oxygen atoms in total. The van der Waals surface area contributed by atoms with Crippen molar-refractivity contribution < 1.29 is 42.2 Å². The molecule has 3 radical (unpaired) electrons. The Morgan fingerprint density at radius 1 is 1.29 bits per heavy atom. The minimum absolute atomic E-state index is 0. The molecule has 0 aliphatic rings. The molecule has 0 bridgehead atoms. The third-order valence-electron chi connectivity index (χ3n) is 1.30. The van der Waals surface area contributed by atoms with Crippen LogP contribution < -0.4 is 0 Å². The molecule has 0 saturated carbocycles. The van der Waals surface area contributed by atoms with E-state index in [1.165, 1.54) is 6.92 Å². The van der Waals surface area contributed by atoms with Crippen LogP contribution in [0.25, 0.3) is 0 Å². The molecule has 1 aromatic rings. The van der Waals surface area contributed by atoms with Crippen molar-refractivity contribution in [3.05, 3.63) is 55.0 Å². The molecule has 0 atom stereocenters. The van der Waals surface area contributed by atoms with Crippen LogP contribution in [0.2, 0.25) is 0 Å². The molecule has 0 aromatic heterocycles. The van der Waals surface area contributed by atoms with Gasteiger partial charge in [-0.2, -0.15) is 24.6 Å². The molecule has 17 heavy (non-hydrogen) atoms. The van der Waals surface area contributed by atoms with Gasteiger partial charge in [0.1, 0.15) is 0 Å². The summed E-state index contributed by atoms with van der Waals surface area (Å²) in [5.41, 5.74) is 1.38. The van der Waals surface area contributed by atoms with E-state index in [0.717, 1.165) is 5.56 Å². The van der Waals surface area contributed by atoms with Gasteiger partial charge in [-0.3, -0.25) is 0 Å². The molecule has 1 rings (SSSR count). The Hall–Kier alpha value is -0.531. The Morgan fingerprint density at radius 3 is 1.82 bits per heavy atom. The smallest absolute Gasteiger partial charge is 0.378 e. The molecule has 0 amide bonds. The van der Waals surface area contributed by atoms with E-state index in [2.05, 4.69) is 26.2 Å². The first-order chi connectivity index (χ1) is 7.57. The van der Waals surface area contributed by atoms with Crippen LogP contribution in [0.5, 0.6) is 0 Å². The van der Waals surface area contributed by atoms with Crippen molar-refractivity contribution in [2.24, 2.45) is 0 Å². The fraction of sp³-hybridized carbons (Fsp3) is 0.231. The van der Waals surface area contributed by atoms with Gasteiger partial charge in [-0.1, -0.05) is 26.5 Å². The van der Waals surface area contributed by atoms with Crippen molar-refractivity contribution >= 4 is 14.0 Å². The van der Waals surface area contributed by atoms with Crippen molar-refractivity contribution in [1.82, 2.24) is 0 Å². The summed E-state index contributed by atoms with van der Waals surface area (Å²) in [6.07, 6.45) is 0. The van der Waals surface area contributed by atoms with E-state index in [0.29, 0.717) is 5.57 Å². The first-order valence-electron chi connectivity index (χ1n) is 5.01. The zero-order valence-electron chi connectivity index (χ0n) is 10.8. The molecule has 0 saturated heterocycles. The fourth-order valence-corrected chi connectivity index (χ4v) is 0.579. The van der Waals surface area contributed by atoms with E-state index in [1.54, 1.807) is 0 Å². The monoisotopic (exact) mass is 306 g/mol. The van der Waals surface area contributed by atoms with E-state index >= 15 is 0 Å². The second-order valence-corrected chi connectivity index (χ2v) is 2.67. The van der Waals surface area contributed by atoms with Crippen molar-refractivity contribution in [3.63, 3.8) is 0 Å². The van der Waals surface area contributed by atoms with Gasteiger partial charge in [0.25, 0.3) is 0 Å². The van der Waals surface area contributed by atoms with Gasteiger partial charge >= 0.3 is 14.0 Å². The molecule has 0 aliphatic heterocycles. The molecular weight excluding hydrogens is 288 g/mol. The number of carbonyl (C=O) groups excluding carboxylic acids is 1. The zero-order valence-corrected chi connectivity index (χ0v) is 13.6. The first kappa shape index (κ1) is 21.7. The predicted octanol–water partition coefficient (Wildman–Crippen LogP) is 3.08. The quantitative estimate of drug-likeness (QED) is 0.453. The molecule has 4 heteroatoms. The number of hydrogen-bond donors (Lipinski definition) is 0. The van der Waals surface area contributed by atoms with Crippen LogP contribution in [0.1, 0.15) is 26.3 Å². The van der Waals surface area contributed by atoms with Gasteiger partial charge in [0.15, 0.2) is 0 Å². The molecule has 0 unspecified atom stereocenters. The van der Waals surface area contributed by atoms with E-state index in [4.69, 9.17) is 0 Å². The van der Waals surface area contributed by atoms with Crippen LogP contribution in [0, 0.1) is 6.92 Å². The van der Waals surface area contributed by atoms with Crippen LogP contribution in [0.4, 0.5) is 0 Å². The first-order valence-corrected chi connectivity index (χ1v) is 5.01. The summed E-state index contributed by atoms with van der Waals surface area (Å²) in [7, 11) is 4.46. The predicted molar refractivity (Wildman–Crippen MR) is 68.9 cm³/mol. The van der Waals surface area contributed by atoms with Gasteiger partial charge in [0, 0.05) is 38.3 Å². The van der Waals surface area contributed by atoms with Crippen LogP contribution in [-0.2, 0) is 42.2 Å². The summed E-state index contributed by atoms with van der Waals surface area (Å²) in [6, 6.07) is 9.87. The summed E-state index contributed by atoms with van der Waals surface area (Å²) >= 11 is 0. The largest absolute Gasteiger partial charge is 0.540 e. The molecule has 0 N–H and O–H groups in total. The summed E-state index contributed by atoms with van der Waals surface area (Å²) in [5.74, 6) is -0.569. The third-order valence-corrected chi connectivity index (χ3v) is 1.30. The van der Waals surface area contributed by atoms with Crippen LogP contribution in [0.3, 0.4) is 0 Å². The van der Waals surface area contributed by atoms with E-state index in [-0.39, 0.29) is 32.7 Å². The average molecular weight is 306 g/mol. The van der Waals surface area contributed by atoms with Gasteiger partial charge in [0.2, 0.25) is 0 Å². The summed E-state index contributed by atoms with van der Waals surface area (Å²) in [4.78, 5) is 10.1. The van der Waals surface area contributed by atoms with E-state index < -0.39 is 5.97 Å². The molecule has 0 fully saturated rings. The molecular formula is C13H18BO2Y-. The van der Waals surface area contributed by atoms with Crippen LogP contribution in [0.15, 0.2) is 42.5 Å². The number of benzene rings is 1. The molecule has 0 aliphatic carbocycles. The minimum atomic E-state index is -0.569. The van der Waals surface area contributed by atoms with Crippen molar-refractivity contribution in [3.8, 4) is 0 Å². The second kappa shape index (κ2) is 15.5. The Morgan fingerprint density at radius 2 is 1.71 bits per heavy atom. The van der Waals surface area contributed by atoms with Gasteiger partial charge in [-0.05, 0) is 6.92 Å². The number of carbonyl (C=O) groups is 1. The Labute approximate surface area is 131 Å². The Balaban J connectivity index is -0.000000191. The maximum absolute atomic E-state index is 10.1. The van der Waals surface area contributed by atoms with Crippen molar-refractivity contribution in [2.45, 2.75) is 20.8 Å². The maximum Gasteiger partial charge on any atom is 0.378 e. The molecule has 0 heterocycles. The van der Waals surface area contributed by atoms with E-state index in [1.807, 2.05) is 44.2 Å². The number of hydrogen-bond acceptors (Lipinski definition) is 2. The molecule has 0 spiro atoms. The molecule has 89 valence electrons. The standard InChI is InChI=1S/C7H7.C4H5BO2.C2H6.Y/c1-7-5-3-2-4-6-7;1-3(2)4(6)7-5;1-2;/h2-6H,1H2;1H2,2H3;1-2H3;/q-1;;;. The SMILES string of the molecule is CC.[B]OC(=O)C(=C)C.[CH2-]c1ccccc1.[Y]. The van der Waals surface area contributed by atoms with Gasteiger partial charge < -0.3 is 4.65 Å². The van der Waals surface area contributed by atoms with Crippen molar-refractivity contribution in [2.75, 3.05) is 0 Å². The maximum atomic E-state index is 10.1. The van der Waals surface area contributed by atoms with Crippen LogP contribution in [-0.4, -0.2) is 14.0 Å². The summed E-state index contributed by atoms with van der Waals surface area (Å²) in [6.45, 7) is 12.5. The van der Waals surface area contributed by atoms with Gasteiger partial charge in [-0.25, -0.2) is 4.79 Å². The van der Waals surface area contributed by atoms with Gasteiger partial charge in [-0.15, -0.1) is 12.1 Å². The number of rotatable bonds is 1. The van der Waals surface area contributed by atoms with Crippen molar-refractivity contribution in [1.29, 1.82) is 0 Å². The van der Waals surface area contributed by atoms with E-state index in [9.17, 15) is 4.79 Å². The van der Waals surface area contributed by atoms with Crippen LogP contribution >= 0.6 is 0 Å². The summed E-state index contributed by atoms with van der Waals surface area (Å²) < 4.78 is 3.77. The average Bonchev–Trinajstić information content (AvgIpc) is 2.32. The molecule has 1 aromatic carbocycles.